The fourth-order valence-corrected chi connectivity index (χ4v) is 2.15. The second-order valence-electron chi connectivity index (χ2n) is 5.32. The number of para-hydroxylation sites is 1. The maximum absolute atomic E-state index is 11.8. The third-order valence-electron chi connectivity index (χ3n) is 3.38. The Balaban J connectivity index is 1.45. The molecule has 3 aromatic rings. The Bertz CT molecular complexity index is 790. The van der Waals surface area contributed by atoms with Crippen molar-refractivity contribution < 1.29 is 14.3 Å². The van der Waals surface area contributed by atoms with Crippen LogP contribution in [0.5, 0.6) is 11.5 Å². The Morgan fingerprint density at radius 1 is 0.880 bits per heavy atom. The zero-order chi connectivity index (χ0) is 17.3. The molecule has 0 spiro atoms. The van der Waals surface area contributed by atoms with Crippen molar-refractivity contribution in [2.24, 2.45) is 0 Å². The molecule has 5 heteroatoms. The van der Waals surface area contributed by atoms with Gasteiger partial charge in [0.15, 0.2) is 6.61 Å². The van der Waals surface area contributed by atoms with Gasteiger partial charge in [0.2, 0.25) is 0 Å². The van der Waals surface area contributed by atoms with Crippen LogP contribution in [0.25, 0.3) is 0 Å². The lowest BCUT2D eigenvalue weighted by atomic mass is 10.3. The third kappa shape index (κ3) is 5.35. The van der Waals surface area contributed by atoms with E-state index in [4.69, 9.17) is 9.47 Å². The number of anilines is 1. The number of hydrogen-bond donors (Lipinski definition) is 1. The number of rotatable bonds is 7. The lowest BCUT2D eigenvalue weighted by molar-refractivity contribution is -0.118. The summed E-state index contributed by atoms with van der Waals surface area (Å²) in [6.07, 6.45) is 3.49. The summed E-state index contributed by atoms with van der Waals surface area (Å²) < 4.78 is 11.2. The number of hydrogen-bond acceptors (Lipinski definition) is 4. The van der Waals surface area contributed by atoms with Gasteiger partial charge in [-0.3, -0.25) is 9.78 Å². The zero-order valence-corrected chi connectivity index (χ0v) is 13.6. The van der Waals surface area contributed by atoms with Crippen molar-refractivity contribution in [2.75, 3.05) is 11.9 Å². The summed E-state index contributed by atoms with van der Waals surface area (Å²) in [6, 6.07) is 20.3. The number of carbonyl (C=O) groups excluding carboxylic acids is 1. The van der Waals surface area contributed by atoms with E-state index in [0.717, 1.165) is 17.0 Å². The van der Waals surface area contributed by atoms with Crippen LogP contribution in [-0.2, 0) is 11.4 Å². The van der Waals surface area contributed by atoms with E-state index in [0.29, 0.717) is 12.4 Å². The minimum Gasteiger partial charge on any atom is -0.489 e. The average Bonchev–Trinajstić information content (AvgIpc) is 2.67. The number of carbonyl (C=O) groups is 1. The molecule has 0 aliphatic rings. The molecule has 0 bridgehead atoms. The molecule has 1 aromatic heterocycles. The van der Waals surface area contributed by atoms with E-state index >= 15 is 0 Å². The van der Waals surface area contributed by atoms with Crippen LogP contribution < -0.4 is 14.8 Å². The van der Waals surface area contributed by atoms with Crippen molar-refractivity contribution in [3.8, 4) is 11.5 Å². The van der Waals surface area contributed by atoms with Gasteiger partial charge in [-0.15, -0.1) is 0 Å². The van der Waals surface area contributed by atoms with Crippen LogP contribution in [0.3, 0.4) is 0 Å². The summed E-state index contributed by atoms with van der Waals surface area (Å²) in [6.45, 7) is 0.401. The lowest BCUT2D eigenvalue weighted by Crippen LogP contribution is -2.20. The maximum Gasteiger partial charge on any atom is 0.262 e. The molecule has 1 N–H and O–H groups in total. The summed E-state index contributed by atoms with van der Waals surface area (Å²) in [5.74, 6) is 1.13. The first-order valence-electron chi connectivity index (χ1n) is 7.89. The van der Waals surface area contributed by atoms with Gasteiger partial charge >= 0.3 is 0 Å². The normalized spacial score (nSPS) is 10.1. The van der Waals surface area contributed by atoms with E-state index < -0.39 is 0 Å². The fourth-order valence-electron chi connectivity index (χ4n) is 2.15. The van der Waals surface area contributed by atoms with Crippen LogP contribution in [-0.4, -0.2) is 17.5 Å². The Kier molecular flexibility index (Phi) is 5.61. The first-order valence-corrected chi connectivity index (χ1v) is 7.89. The number of benzene rings is 2. The second kappa shape index (κ2) is 8.49. The molecule has 2 aromatic carbocycles. The highest BCUT2D eigenvalue weighted by molar-refractivity contribution is 5.91. The molecule has 0 saturated heterocycles. The molecule has 0 atom stereocenters. The van der Waals surface area contributed by atoms with Gasteiger partial charge in [0, 0.05) is 23.6 Å². The van der Waals surface area contributed by atoms with E-state index in [2.05, 4.69) is 10.3 Å². The van der Waals surface area contributed by atoms with E-state index in [1.54, 1.807) is 36.7 Å². The molecule has 1 amide bonds. The Hall–Kier alpha value is -3.34. The van der Waals surface area contributed by atoms with E-state index in [9.17, 15) is 4.79 Å². The van der Waals surface area contributed by atoms with Gasteiger partial charge < -0.3 is 14.8 Å². The van der Waals surface area contributed by atoms with Gasteiger partial charge in [-0.1, -0.05) is 24.3 Å². The number of pyridine rings is 1. The molecule has 126 valence electrons. The van der Waals surface area contributed by atoms with Crippen LogP contribution >= 0.6 is 0 Å². The number of amides is 1. The Labute approximate surface area is 146 Å². The zero-order valence-electron chi connectivity index (χ0n) is 13.6. The van der Waals surface area contributed by atoms with Gasteiger partial charge in [-0.25, -0.2) is 0 Å². The molecule has 25 heavy (non-hydrogen) atoms. The number of nitrogens with one attached hydrogen (secondary N) is 1. The quantitative estimate of drug-likeness (QED) is 0.716. The molecule has 5 nitrogen and oxygen atoms in total. The van der Waals surface area contributed by atoms with E-state index in [-0.39, 0.29) is 12.5 Å². The minimum atomic E-state index is -0.205. The Morgan fingerprint density at radius 2 is 1.60 bits per heavy atom. The highest BCUT2D eigenvalue weighted by Gasteiger charge is 2.04. The topological polar surface area (TPSA) is 60.5 Å². The summed E-state index contributed by atoms with van der Waals surface area (Å²) in [7, 11) is 0. The second-order valence-corrected chi connectivity index (χ2v) is 5.32. The summed E-state index contributed by atoms with van der Waals surface area (Å²) >= 11 is 0. The van der Waals surface area contributed by atoms with Crippen molar-refractivity contribution in [1.29, 1.82) is 0 Å². The largest absolute Gasteiger partial charge is 0.489 e. The van der Waals surface area contributed by atoms with Crippen molar-refractivity contribution in [3.63, 3.8) is 0 Å². The smallest absolute Gasteiger partial charge is 0.262 e. The predicted octanol–water partition coefficient (Wildman–Crippen LogP) is 3.68. The third-order valence-corrected chi connectivity index (χ3v) is 3.38. The van der Waals surface area contributed by atoms with Crippen LogP contribution in [0.2, 0.25) is 0 Å². The Morgan fingerprint density at radius 3 is 2.28 bits per heavy atom. The van der Waals surface area contributed by atoms with Gasteiger partial charge in [0.25, 0.3) is 5.91 Å². The molecule has 1 heterocycles. The maximum atomic E-state index is 11.8. The minimum absolute atomic E-state index is 0.0508. The van der Waals surface area contributed by atoms with Gasteiger partial charge in [0.05, 0.1) is 0 Å². The van der Waals surface area contributed by atoms with Gasteiger partial charge in [-0.2, -0.15) is 0 Å². The SMILES string of the molecule is O=C(COc1ccc(OCc2cccnc2)cc1)Nc1ccccc1. The van der Waals surface area contributed by atoms with Gasteiger partial charge in [-0.05, 0) is 42.5 Å². The van der Waals surface area contributed by atoms with E-state index in [1.807, 2.05) is 42.5 Å². The molecule has 0 aliphatic heterocycles. The fraction of sp³-hybridized carbons (Fsp3) is 0.100. The predicted molar refractivity (Wildman–Crippen MR) is 95.6 cm³/mol. The lowest BCUT2D eigenvalue weighted by Gasteiger charge is -2.09. The van der Waals surface area contributed by atoms with E-state index in [1.165, 1.54) is 0 Å². The molecule has 0 fully saturated rings. The van der Waals surface area contributed by atoms with Crippen molar-refractivity contribution >= 4 is 11.6 Å². The monoisotopic (exact) mass is 334 g/mol. The van der Waals surface area contributed by atoms with Crippen LogP contribution in [0, 0.1) is 0 Å². The van der Waals surface area contributed by atoms with Crippen LogP contribution in [0.1, 0.15) is 5.56 Å². The molecule has 3 rings (SSSR count). The summed E-state index contributed by atoms with van der Waals surface area (Å²) in [4.78, 5) is 15.9. The molecular formula is C20H18N2O3. The molecule has 0 radical (unpaired) electrons. The molecule has 0 aliphatic carbocycles. The molecule has 0 saturated carbocycles. The highest BCUT2D eigenvalue weighted by atomic mass is 16.5. The van der Waals surface area contributed by atoms with Crippen molar-refractivity contribution in [1.82, 2.24) is 4.98 Å². The first-order chi connectivity index (χ1) is 12.3. The summed E-state index contributed by atoms with van der Waals surface area (Å²) in [5, 5.41) is 2.77. The van der Waals surface area contributed by atoms with Crippen molar-refractivity contribution in [2.45, 2.75) is 6.61 Å². The molecular weight excluding hydrogens is 316 g/mol. The van der Waals surface area contributed by atoms with Crippen molar-refractivity contribution in [3.05, 3.63) is 84.7 Å². The van der Waals surface area contributed by atoms with Crippen LogP contribution in [0.15, 0.2) is 79.1 Å². The average molecular weight is 334 g/mol. The number of ether oxygens (including phenoxy) is 2. The number of nitrogens with zero attached hydrogens (tertiary/aromatic N) is 1. The van der Waals surface area contributed by atoms with Gasteiger partial charge in [0.1, 0.15) is 18.1 Å². The summed E-state index contributed by atoms with van der Waals surface area (Å²) in [5.41, 5.74) is 1.75. The standard InChI is InChI=1S/C20H18N2O3/c23-20(22-17-6-2-1-3-7-17)15-25-19-10-8-18(9-11-19)24-14-16-5-4-12-21-13-16/h1-13H,14-15H2,(H,22,23). The first kappa shape index (κ1) is 16.5. The highest BCUT2D eigenvalue weighted by Crippen LogP contribution is 2.18. The molecule has 0 unspecified atom stereocenters. The number of aromatic nitrogens is 1. The van der Waals surface area contributed by atoms with Crippen LogP contribution in [0.4, 0.5) is 5.69 Å².